The van der Waals surface area contributed by atoms with Crippen LogP contribution in [0.15, 0.2) is 34.9 Å². The number of pyridine rings is 1. The molecule has 1 amide bonds. The zero-order valence-corrected chi connectivity index (χ0v) is 12.8. The number of hydrogen-bond acceptors (Lipinski definition) is 4. The molecule has 3 rings (SSSR count). The highest BCUT2D eigenvalue weighted by Crippen LogP contribution is 2.32. The molecule has 3 heterocycles. The summed E-state index contributed by atoms with van der Waals surface area (Å²) in [6, 6.07) is 7.53. The third-order valence-electron chi connectivity index (χ3n) is 4.30. The third-order valence-corrected chi connectivity index (χ3v) is 4.30. The van der Waals surface area contributed by atoms with E-state index in [2.05, 4.69) is 4.98 Å². The van der Waals surface area contributed by atoms with E-state index in [4.69, 9.17) is 4.42 Å². The van der Waals surface area contributed by atoms with Crippen LogP contribution in [0.25, 0.3) is 0 Å². The van der Waals surface area contributed by atoms with Crippen LogP contribution in [-0.4, -0.2) is 40.6 Å². The molecule has 116 valence electrons. The molecule has 2 aromatic heterocycles. The summed E-state index contributed by atoms with van der Waals surface area (Å²) in [6.07, 6.45) is 1.75. The van der Waals surface area contributed by atoms with Gasteiger partial charge < -0.3 is 14.4 Å². The number of carbonyl (C=O) groups is 1. The minimum Gasteiger partial charge on any atom is -0.466 e. The van der Waals surface area contributed by atoms with Gasteiger partial charge in [0.15, 0.2) is 0 Å². The van der Waals surface area contributed by atoms with E-state index >= 15 is 0 Å². The van der Waals surface area contributed by atoms with Crippen molar-refractivity contribution < 1.29 is 14.3 Å². The van der Waals surface area contributed by atoms with Gasteiger partial charge in [-0.25, -0.2) is 0 Å². The molecule has 1 N–H and O–H groups in total. The highest BCUT2D eigenvalue weighted by Gasteiger charge is 2.37. The number of likely N-dealkylation sites (tertiary alicyclic amines) is 1. The number of aliphatic hydroxyl groups is 1. The molecular formula is C17H20N2O3. The summed E-state index contributed by atoms with van der Waals surface area (Å²) in [5, 5.41) is 9.64. The molecule has 0 radical (unpaired) electrons. The van der Waals surface area contributed by atoms with Gasteiger partial charge in [0.25, 0.3) is 5.91 Å². The van der Waals surface area contributed by atoms with E-state index in [1.807, 2.05) is 25.1 Å². The van der Waals surface area contributed by atoms with Crippen LogP contribution in [0.3, 0.4) is 0 Å². The van der Waals surface area contributed by atoms with Crippen molar-refractivity contribution in [3.63, 3.8) is 0 Å². The molecule has 0 aliphatic carbocycles. The highest BCUT2D eigenvalue weighted by atomic mass is 16.3. The Bertz CT molecular complexity index is 666. The quantitative estimate of drug-likeness (QED) is 0.943. The summed E-state index contributed by atoms with van der Waals surface area (Å²) in [6.45, 7) is 4.80. The maximum atomic E-state index is 12.7. The van der Waals surface area contributed by atoms with E-state index in [0.717, 1.165) is 11.5 Å². The summed E-state index contributed by atoms with van der Waals surface area (Å²) in [5.41, 5.74) is 1.54. The Kier molecular flexibility index (Phi) is 3.98. The number of amides is 1. The molecule has 1 fully saturated rings. The van der Waals surface area contributed by atoms with E-state index in [0.29, 0.717) is 24.4 Å². The number of rotatable bonds is 3. The molecular weight excluding hydrogens is 280 g/mol. The summed E-state index contributed by atoms with van der Waals surface area (Å²) in [5.74, 6) is 1.44. The molecule has 22 heavy (non-hydrogen) atoms. The fourth-order valence-electron chi connectivity index (χ4n) is 3.17. The number of aromatic nitrogens is 1. The highest BCUT2D eigenvalue weighted by molar-refractivity contribution is 5.95. The summed E-state index contributed by atoms with van der Waals surface area (Å²) >= 11 is 0. The van der Waals surface area contributed by atoms with E-state index in [1.54, 1.807) is 24.1 Å². The van der Waals surface area contributed by atoms with E-state index in [9.17, 15) is 9.90 Å². The number of hydrogen-bond donors (Lipinski definition) is 1. The molecule has 1 aliphatic rings. The lowest BCUT2D eigenvalue weighted by Crippen LogP contribution is -2.29. The third kappa shape index (κ3) is 2.64. The minimum absolute atomic E-state index is 0.0205. The summed E-state index contributed by atoms with van der Waals surface area (Å²) in [7, 11) is 0. The zero-order valence-electron chi connectivity index (χ0n) is 12.8. The standard InChI is InChI=1S/C17H20N2O3/c1-11-7-14(12(2)22-11)17(21)19-8-13(10-20)15(9-19)16-5-3-4-6-18-16/h3-7,13,15,20H,8-10H2,1-2H3/t13-,15+/m0/s1. The molecule has 0 aromatic carbocycles. The van der Waals surface area contributed by atoms with Gasteiger partial charge in [-0.1, -0.05) is 6.07 Å². The van der Waals surface area contributed by atoms with Crippen LogP contribution < -0.4 is 0 Å². The Balaban J connectivity index is 1.82. The van der Waals surface area contributed by atoms with Crippen molar-refractivity contribution in [1.82, 2.24) is 9.88 Å². The topological polar surface area (TPSA) is 66.6 Å². The number of furan rings is 1. The van der Waals surface area contributed by atoms with Crippen LogP contribution >= 0.6 is 0 Å². The first-order chi connectivity index (χ1) is 10.6. The first kappa shape index (κ1) is 14.8. The average Bonchev–Trinajstić information content (AvgIpc) is 3.10. The largest absolute Gasteiger partial charge is 0.466 e. The molecule has 0 saturated carbocycles. The van der Waals surface area contributed by atoms with Crippen molar-refractivity contribution >= 4 is 5.91 Å². The SMILES string of the molecule is Cc1cc(C(=O)N2C[C@@H](CO)[C@H](c3ccccn3)C2)c(C)o1. The Morgan fingerprint density at radius 3 is 2.82 bits per heavy atom. The van der Waals surface area contributed by atoms with Gasteiger partial charge in [0.1, 0.15) is 11.5 Å². The lowest BCUT2D eigenvalue weighted by molar-refractivity contribution is 0.0779. The number of nitrogens with zero attached hydrogens (tertiary/aromatic N) is 2. The Morgan fingerprint density at radius 1 is 1.41 bits per heavy atom. The number of carbonyl (C=O) groups excluding carboxylic acids is 1. The van der Waals surface area contributed by atoms with Gasteiger partial charge in [-0.15, -0.1) is 0 Å². The molecule has 0 bridgehead atoms. The second-order valence-corrected chi connectivity index (χ2v) is 5.84. The van der Waals surface area contributed by atoms with Crippen LogP contribution in [0.5, 0.6) is 0 Å². The van der Waals surface area contributed by atoms with Crippen molar-refractivity contribution in [1.29, 1.82) is 0 Å². The van der Waals surface area contributed by atoms with Gasteiger partial charge in [-0.3, -0.25) is 9.78 Å². The predicted molar refractivity (Wildman–Crippen MR) is 81.6 cm³/mol. The lowest BCUT2D eigenvalue weighted by Gasteiger charge is -2.15. The van der Waals surface area contributed by atoms with Crippen molar-refractivity contribution in [2.75, 3.05) is 19.7 Å². The Hall–Kier alpha value is -2.14. The Labute approximate surface area is 129 Å². The zero-order chi connectivity index (χ0) is 15.7. The van der Waals surface area contributed by atoms with Crippen LogP contribution in [0.2, 0.25) is 0 Å². The fourth-order valence-corrected chi connectivity index (χ4v) is 3.17. The molecule has 0 spiro atoms. The first-order valence-electron chi connectivity index (χ1n) is 7.48. The van der Waals surface area contributed by atoms with Crippen molar-refractivity contribution in [3.8, 4) is 0 Å². The second kappa shape index (κ2) is 5.93. The van der Waals surface area contributed by atoms with E-state index in [-0.39, 0.29) is 24.3 Å². The normalized spacial score (nSPS) is 21.3. The smallest absolute Gasteiger partial charge is 0.257 e. The van der Waals surface area contributed by atoms with Gasteiger partial charge in [-0.2, -0.15) is 0 Å². The van der Waals surface area contributed by atoms with Crippen molar-refractivity contribution in [2.45, 2.75) is 19.8 Å². The first-order valence-corrected chi connectivity index (χ1v) is 7.48. The van der Waals surface area contributed by atoms with Crippen molar-refractivity contribution in [2.24, 2.45) is 5.92 Å². The van der Waals surface area contributed by atoms with Gasteiger partial charge in [0, 0.05) is 43.4 Å². The Morgan fingerprint density at radius 2 is 2.23 bits per heavy atom. The molecule has 0 unspecified atom stereocenters. The number of aryl methyl sites for hydroxylation is 2. The van der Waals surface area contributed by atoms with Gasteiger partial charge in [0.05, 0.1) is 5.56 Å². The van der Waals surface area contributed by atoms with Crippen LogP contribution in [0.4, 0.5) is 0 Å². The van der Waals surface area contributed by atoms with E-state index < -0.39 is 0 Å². The maximum Gasteiger partial charge on any atom is 0.257 e. The molecule has 2 atom stereocenters. The number of aliphatic hydroxyl groups excluding tert-OH is 1. The molecule has 5 heteroatoms. The van der Waals surface area contributed by atoms with Crippen molar-refractivity contribution in [3.05, 3.63) is 53.2 Å². The fraction of sp³-hybridized carbons (Fsp3) is 0.412. The molecule has 1 aliphatic heterocycles. The predicted octanol–water partition coefficient (Wildman–Crippen LogP) is 2.14. The maximum absolute atomic E-state index is 12.7. The van der Waals surface area contributed by atoms with Crippen LogP contribution in [0, 0.1) is 19.8 Å². The molecule has 5 nitrogen and oxygen atoms in total. The van der Waals surface area contributed by atoms with Gasteiger partial charge in [0.2, 0.25) is 0 Å². The summed E-state index contributed by atoms with van der Waals surface area (Å²) < 4.78 is 5.45. The minimum atomic E-state index is -0.0359. The van der Waals surface area contributed by atoms with E-state index in [1.165, 1.54) is 0 Å². The van der Waals surface area contributed by atoms with Gasteiger partial charge in [-0.05, 0) is 32.0 Å². The summed E-state index contributed by atoms with van der Waals surface area (Å²) in [4.78, 5) is 18.9. The monoisotopic (exact) mass is 300 g/mol. The molecule has 1 saturated heterocycles. The molecule has 2 aromatic rings. The average molecular weight is 300 g/mol. The van der Waals surface area contributed by atoms with Crippen LogP contribution in [0.1, 0.15) is 33.5 Å². The van der Waals surface area contributed by atoms with Crippen LogP contribution in [-0.2, 0) is 0 Å². The lowest BCUT2D eigenvalue weighted by atomic mass is 9.93. The van der Waals surface area contributed by atoms with Gasteiger partial charge >= 0.3 is 0 Å². The second-order valence-electron chi connectivity index (χ2n) is 5.84.